The van der Waals surface area contributed by atoms with Gasteiger partial charge in [0.1, 0.15) is 6.10 Å². The number of fused-ring (bicyclic) bond motifs is 5. The number of ether oxygens (including phenoxy) is 1. The van der Waals surface area contributed by atoms with Crippen LogP contribution in [-0.2, 0) is 14.3 Å². The molecule has 0 spiro atoms. The van der Waals surface area contributed by atoms with Gasteiger partial charge in [-0.05, 0) is 117 Å². The molecule has 0 aliphatic heterocycles. The first kappa shape index (κ1) is 25.0. The molecule has 1 N–H and O–H groups in total. The Balaban J connectivity index is 1.47. The maximum absolute atomic E-state index is 12.6. The van der Waals surface area contributed by atoms with Crippen LogP contribution in [0, 0.1) is 51.2 Å². The molecule has 188 valence electrons. The molecule has 0 radical (unpaired) electrons. The van der Waals surface area contributed by atoms with E-state index in [1.54, 1.807) is 13.8 Å². The molecule has 4 aliphatic rings. The predicted octanol–water partition coefficient (Wildman–Crippen LogP) is 7.10. The van der Waals surface area contributed by atoms with Crippen molar-refractivity contribution in [3.8, 4) is 0 Å². The number of carbonyl (C=O) groups is 2. The first-order valence-electron chi connectivity index (χ1n) is 13.6. The summed E-state index contributed by atoms with van der Waals surface area (Å²) in [4.78, 5) is 24.1. The van der Waals surface area contributed by atoms with E-state index in [4.69, 9.17) is 4.74 Å². The lowest BCUT2D eigenvalue weighted by Gasteiger charge is -2.67. The number of carboxylic acids is 1. The van der Waals surface area contributed by atoms with Gasteiger partial charge >= 0.3 is 11.9 Å². The lowest BCUT2D eigenvalue weighted by atomic mass is 9.38. The Bertz CT molecular complexity index is 784. The van der Waals surface area contributed by atoms with Gasteiger partial charge in [0.2, 0.25) is 0 Å². The van der Waals surface area contributed by atoms with Crippen molar-refractivity contribution in [2.24, 2.45) is 51.2 Å². The van der Waals surface area contributed by atoms with Crippen molar-refractivity contribution < 1.29 is 19.4 Å². The highest BCUT2D eigenvalue weighted by molar-refractivity contribution is 5.81. The van der Waals surface area contributed by atoms with E-state index in [9.17, 15) is 14.7 Å². The monoisotopic (exact) mass is 460 g/mol. The SMILES string of the molecule is CC1C(OC(=O)CC(C)(C)C(=O)O)CCC2(C)C1CCC1(C)C3CCC(C)(C)CC3CCC12. The quantitative estimate of drug-likeness (QED) is 0.454. The minimum atomic E-state index is -1.08. The van der Waals surface area contributed by atoms with Gasteiger partial charge in [-0.25, -0.2) is 0 Å². The van der Waals surface area contributed by atoms with Crippen molar-refractivity contribution in [3.05, 3.63) is 0 Å². The number of esters is 1. The zero-order chi connectivity index (χ0) is 24.4. The standard InChI is InChI=1S/C29H48O4/c1-18-20-11-14-29(7)21-10-13-26(2,3)16-19(21)8-9-23(29)28(20,6)15-12-22(18)33-24(30)17-27(4,5)25(31)32/h18-23H,8-17H2,1-7H3,(H,31,32). The second kappa shape index (κ2) is 8.26. The van der Waals surface area contributed by atoms with Crippen molar-refractivity contribution in [1.29, 1.82) is 0 Å². The molecule has 4 aliphatic carbocycles. The average molecular weight is 461 g/mol. The molecule has 0 heterocycles. The number of aliphatic carboxylic acids is 1. The summed E-state index contributed by atoms with van der Waals surface area (Å²) < 4.78 is 5.95. The Morgan fingerprint density at radius 3 is 2.18 bits per heavy atom. The van der Waals surface area contributed by atoms with Crippen LogP contribution in [-0.4, -0.2) is 23.1 Å². The Morgan fingerprint density at radius 2 is 1.52 bits per heavy atom. The van der Waals surface area contributed by atoms with Crippen LogP contribution in [0.4, 0.5) is 0 Å². The highest BCUT2D eigenvalue weighted by atomic mass is 16.5. The van der Waals surface area contributed by atoms with E-state index in [1.165, 1.54) is 44.9 Å². The molecular weight excluding hydrogens is 412 g/mol. The molecule has 4 fully saturated rings. The summed E-state index contributed by atoms with van der Waals surface area (Å²) in [6.45, 7) is 15.6. The summed E-state index contributed by atoms with van der Waals surface area (Å²) in [7, 11) is 0. The fourth-order valence-corrected chi connectivity index (χ4v) is 9.39. The topological polar surface area (TPSA) is 63.6 Å². The van der Waals surface area contributed by atoms with Gasteiger partial charge in [-0.3, -0.25) is 9.59 Å². The fraction of sp³-hybridized carbons (Fsp3) is 0.931. The van der Waals surface area contributed by atoms with E-state index in [0.29, 0.717) is 28.1 Å². The van der Waals surface area contributed by atoms with Crippen LogP contribution in [0.1, 0.15) is 113 Å². The average Bonchev–Trinajstić information content (AvgIpc) is 2.68. The van der Waals surface area contributed by atoms with Crippen LogP contribution in [0.15, 0.2) is 0 Å². The second-order valence-corrected chi connectivity index (χ2v) is 14.4. The van der Waals surface area contributed by atoms with Gasteiger partial charge < -0.3 is 9.84 Å². The van der Waals surface area contributed by atoms with E-state index < -0.39 is 11.4 Å². The lowest BCUT2D eigenvalue weighted by Crippen LogP contribution is -2.60. The summed E-state index contributed by atoms with van der Waals surface area (Å²) in [6, 6.07) is 0. The van der Waals surface area contributed by atoms with Gasteiger partial charge in [-0.2, -0.15) is 0 Å². The molecule has 8 unspecified atom stereocenters. The Labute approximate surface area is 201 Å². The van der Waals surface area contributed by atoms with E-state index >= 15 is 0 Å². The maximum atomic E-state index is 12.6. The molecule has 0 amide bonds. The van der Waals surface area contributed by atoms with Crippen LogP contribution in [0.2, 0.25) is 0 Å². The molecule has 0 aromatic carbocycles. The van der Waals surface area contributed by atoms with Gasteiger partial charge in [0.25, 0.3) is 0 Å². The van der Waals surface area contributed by atoms with Gasteiger partial charge in [0, 0.05) is 0 Å². The normalized spacial score (nSPS) is 44.7. The molecule has 33 heavy (non-hydrogen) atoms. The van der Waals surface area contributed by atoms with Crippen LogP contribution in [0.3, 0.4) is 0 Å². The van der Waals surface area contributed by atoms with Gasteiger partial charge in [-0.1, -0.05) is 34.6 Å². The molecule has 0 bridgehead atoms. The van der Waals surface area contributed by atoms with Crippen LogP contribution >= 0.6 is 0 Å². The van der Waals surface area contributed by atoms with Gasteiger partial charge in [0.05, 0.1) is 11.8 Å². The van der Waals surface area contributed by atoms with Crippen LogP contribution in [0.25, 0.3) is 0 Å². The van der Waals surface area contributed by atoms with Crippen LogP contribution in [0.5, 0.6) is 0 Å². The zero-order valence-corrected chi connectivity index (χ0v) is 22.2. The van der Waals surface area contributed by atoms with Gasteiger partial charge in [-0.15, -0.1) is 0 Å². The van der Waals surface area contributed by atoms with E-state index in [2.05, 4.69) is 34.6 Å². The largest absolute Gasteiger partial charge is 0.481 e. The number of carboxylic acid groups (broad SMARTS) is 1. The third-order valence-electron chi connectivity index (χ3n) is 11.3. The van der Waals surface area contributed by atoms with Gasteiger partial charge in [0.15, 0.2) is 0 Å². The Morgan fingerprint density at radius 1 is 0.909 bits per heavy atom. The van der Waals surface area contributed by atoms with Crippen molar-refractivity contribution in [1.82, 2.24) is 0 Å². The summed E-state index contributed by atoms with van der Waals surface area (Å²) in [5.74, 6) is 2.19. The number of rotatable bonds is 4. The molecule has 8 atom stereocenters. The maximum Gasteiger partial charge on any atom is 0.309 e. The van der Waals surface area contributed by atoms with Crippen molar-refractivity contribution in [3.63, 3.8) is 0 Å². The molecule has 4 rings (SSSR count). The predicted molar refractivity (Wildman–Crippen MR) is 131 cm³/mol. The summed E-state index contributed by atoms with van der Waals surface area (Å²) in [5.41, 5.74) is 0.216. The molecule has 0 saturated heterocycles. The minimum Gasteiger partial charge on any atom is -0.481 e. The third-order valence-corrected chi connectivity index (χ3v) is 11.3. The molecule has 4 heteroatoms. The lowest BCUT2D eigenvalue weighted by molar-refractivity contribution is -0.196. The van der Waals surface area contributed by atoms with E-state index in [1.807, 2.05) is 0 Å². The van der Waals surface area contributed by atoms with Crippen molar-refractivity contribution >= 4 is 11.9 Å². The first-order valence-corrected chi connectivity index (χ1v) is 13.6. The molecule has 4 saturated carbocycles. The van der Waals surface area contributed by atoms with Crippen LogP contribution < -0.4 is 0 Å². The van der Waals surface area contributed by atoms with E-state index in [-0.39, 0.29) is 18.5 Å². The molecule has 0 aromatic heterocycles. The smallest absolute Gasteiger partial charge is 0.309 e. The zero-order valence-electron chi connectivity index (χ0n) is 22.2. The van der Waals surface area contributed by atoms with Crippen molar-refractivity contribution in [2.45, 2.75) is 119 Å². The molecule has 0 aromatic rings. The number of hydrogen-bond donors (Lipinski definition) is 1. The summed E-state index contributed by atoms with van der Waals surface area (Å²) >= 11 is 0. The summed E-state index contributed by atoms with van der Waals surface area (Å²) in [6.07, 6.45) is 11.4. The van der Waals surface area contributed by atoms with Crippen molar-refractivity contribution in [2.75, 3.05) is 0 Å². The minimum absolute atomic E-state index is 0.0619. The summed E-state index contributed by atoms with van der Waals surface area (Å²) in [5, 5.41) is 9.37. The second-order valence-electron chi connectivity index (χ2n) is 14.4. The highest BCUT2D eigenvalue weighted by Gasteiger charge is 2.62. The number of carbonyl (C=O) groups excluding carboxylic acids is 1. The Kier molecular flexibility index (Phi) is 6.27. The fourth-order valence-electron chi connectivity index (χ4n) is 9.39. The highest BCUT2D eigenvalue weighted by Crippen LogP contribution is 2.69. The third kappa shape index (κ3) is 4.27. The first-order chi connectivity index (χ1) is 15.2. The molecule has 4 nitrogen and oxygen atoms in total. The number of hydrogen-bond acceptors (Lipinski definition) is 3. The van der Waals surface area contributed by atoms with E-state index in [0.717, 1.165) is 30.6 Å². The molecular formula is C29H48O4. The Hall–Kier alpha value is -1.06.